The molecule has 0 aromatic heterocycles. The second-order valence-electron chi connectivity index (χ2n) is 7.44. The molecule has 1 fully saturated rings. The maximum atomic E-state index is 12.9. The summed E-state index contributed by atoms with van der Waals surface area (Å²) in [7, 11) is -3.31. The fourth-order valence-electron chi connectivity index (χ4n) is 3.54. The molecule has 6 heteroatoms. The summed E-state index contributed by atoms with van der Waals surface area (Å²) in [4.78, 5) is 12.9. The number of amides is 1. The lowest BCUT2D eigenvalue weighted by atomic mass is 10.0. The van der Waals surface area contributed by atoms with E-state index in [0.29, 0.717) is 24.2 Å². The average Bonchev–Trinajstić information content (AvgIpc) is 2.67. The monoisotopic (exact) mass is 400 g/mol. The van der Waals surface area contributed by atoms with E-state index in [4.69, 9.17) is 0 Å². The lowest BCUT2D eigenvalue weighted by molar-refractivity contribution is 0.0935. The zero-order valence-electron chi connectivity index (χ0n) is 16.7. The lowest BCUT2D eigenvalue weighted by Crippen LogP contribution is -2.38. The van der Waals surface area contributed by atoms with Gasteiger partial charge in [-0.2, -0.15) is 0 Å². The molecule has 0 spiro atoms. The van der Waals surface area contributed by atoms with Crippen molar-refractivity contribution in [1.82, 2.24) is 5.32 Å². The number of benzene rings is 2. The number of sulfonamides is 1. The van der Waals surface area contributed by atoms with Gasteiger partial charge in [0, 0.05) is 12.1 Å². The van der Waals surface area contributed by atoms with Gasteiger partial charge in [-0.05, 0) is 56.4 Å². The van der Waals surface area contributed by atoms with Gasteiger partial charge < -0.3 is 5.32 Å². The van der Waals surface area contributed by atoms with Crippen LogP contribution in [0.1, 0.15) is 59.3 Å². The highest BCUT2D eigenvalue weighted by atomic mass is 32.2. The smallest absolute Gasteiger partial charge is 0.251 e. The molecule has 1 amide bonds. The number of nitrogens with one attached hydrogen (secondary N) is 1. The number of rotatable bonds is 5. The Kier molecular flexibility index (Phi) is 6.08. The third-order valence-electron chi connectivity index (χ3n) is 5.28. The van der Waals surface area contributed by atoms with Crippen LogP contribution in [0.15, 0.2) is 42.5 Å². The molecule has 0 radical (unpaired) electrons. The molecule has 1 aliphatic heterocycles. The molecule has 5 nitrogen and oxygen atoms in total. The first kappa shape index (κ1) is 20.4. The van der Waals surface area contributed by atoms with Gasteiger partial charge in [0.15, 0.2) is 0 Å². The van der Waals surface area contributed by atoms with E-state index < -0.39 is 10.0 Å². The quantitative estimate of drug-likeness (QED) is 0.821. The summed E-state index contributed by atoms with van der Waals surface area (Å²) in [6, 6.07) is 13.3. The maximum Gasteiger partial charge on any atom is 0.251 e. The zero-order chi connectivity index (χ0) is 20.3. The molecular formula is C22H28N2O3S. The average molecular weight is 401 g/mol. The van der Waals surface area contributed by atoms with Crippen molar-refractivity contribution < 1.29 is 13.2 Å². The summed E-state index contributed by atoms with van der Waals surface area (Å²) in [5.74, 6) is -0.0307. The number of hydrogen-bond acceptors (Lipinski definition) is 3. The van der Waals surface area contributed by atoms with Gasteiger partial charge in [0.05, 0.1) is 17.5 Å². The molecule has 1 heterocycles. The van der Waals surface area contributed by atoms with E-state index in [1.807, 2.05) is 51.1 Å². The van der Waals surface area contributed by atoms with E-state index in [1.165, 1.54) is 9.87 Å². The molecule has 1 atom stereocenters. The fourth-order valence-corrected chi connectivity index (χ4v) is 5.23. The van der Waals surface area contributed by atoms with Gasteiger partial charge in [-0.15, -0.1) is 0 Å². The molecule has 0 aliphatic carbocycles. The lowest BCUT2D eigenvalue weighted by Gasteiger charge is -2.30. The van der Waals surface area contributed by atoms with Crippen LogP contribution in [0.4, 0.5) is 5.69 Å². The molecule has 2 aromatic carbocycles. The SMILES string of the molecule is CCC(NC(=O)c1ccc(C)c(N2CCCCS2(=O)=O)c1)c1ccc(C)cc1. The molecular weight excluding hydrogens is 372 g/mol. The van der Waals surface area contributed by atoms with E-state index in [1.54, 1.807) is 12.1 Å². The molecule has 0 bridgehead atoms. The molecule has 3 rings (SSSR count). The minimum Gasteiger partial charge on any atom is -0.345 e. The number of anilines is 1. The number of hydrogen-bond donors (Lipinski definition) is 1. The Morgan fingerprint density at radius 1 is 1.11 bits per heavy atom. The molecule has 150 valence electrons. The summed E-state index contributed by atoms with van der Waals surface area (Å²) in [5, 5.41) is 3.08. The third-order valence-corrected chi connectivity index (χ3v) is 7.14. The van der Waals surface area contributed by atoms with Gasteiger partial charge >= 0.3 is 0 Å². The van der Waals surface area contributed by atoms with Gasteiger partial charge in [-0.3, -0.25) is 9.10 Å². The molecule has 0 saturated carbocycles. The van der Waals surface area contributed by atoms with Crippen LogP contribution in [0, 0.1) is 13.8 Å². The van der Waals surface area contributed by atoms with Crippen LogP contribution in [-0.4, -0.2) is 26.6 Å². The second kappa shape index (κ2) is 8.35. The van der Waals surface area contributed by atoms with Crippen LogP contribution in [-0.2, 0) is 10.0 Å². The third kappa shape index (κ3) is 4.38. The summed E-state index contributed by atoms with van der Waals surface area (Å²) in [6.45, 7) is 6.41. The Morgan fingerprint density at radius 3 is 2.46 bits per heavy atom. The van der Waals surface area contributed by atoms with Gasteiger partial charge in [-0.25, -0.2) is 8.42 Å². The van der Waals surface area contributed by atoms with Crippen LogP contribution in [0.2, 0.25) is 0 Å². The highest BCUT2D eigenvalue weighted by molar-refractivity contribution is 7.92. The van der Waals surface area contributed by atoms with Crippen LogP contribution in [0.25, 0.3) is 0 Å². The normalized spacial score (nSPS) is 17.2. The topological polar surface area (TPSA) is 66.5 Å². The molecule has 28 heavy (non-hydrogen) atoms. The van der Waals surface area contributed by atoms with E-state index in [0.717, 1.165) is 24.0 Å². The van der Waals surface area contributed by atoms with Crippen molar-refractivity contribution in [3.63, 3.8) is 0 Å². The molecule has 1 saturated heterocycles. The Morgan fingerprint density at radius 2 is 1.82 bits per heavy atom. The first-order valence-corrected chi connectivity index (χ1v) is 11.4. The first-order valence-electron chi connectivity index (χ1n) is 9.80. The van der Waals surface area contributed by atoms with E-state index in [2.05, 4.69) is 5.32 Å². The molecule has 2 aromatic rings. The van der Waals surface area contributed by atoms with Crippen molar-refractivity contribution in [3.8, 4) is 0 Å². The van der Waals surface area contributed by atoms with Gasteiger partial charge in [-0.1, -0.05) is 42.8 Å². The summed E-state index contributed by atoms with van der Waals surface area (Å²) in [5.41, 5.74) is 4.18. The van der Waals surface area contributed by atoms with Crippen LogP contribution in [0.3, 0.4) is 0 Å². The Balaban J connectivity index is 1.85. The van der Waals surface area contributed by atoms with Crippen molar-refractivity contribution in [3.05, 3.63) is 64.7 Å². The fraction of sp³-hybridized carbons (Fsp3) is 0.409. The highest BCUT2D eigenvalue weighted by Gasteiger charge is 2.27. The standard InChI is InChI=1S/C22H28N2O3S/c1-4-20(18-10-7-16(2)8-11-18)23-22(25)19-12-9-17(3)21(15-19)24-13-5-6-14-28(24,26)27/h7-12,15,20H,4-6,13-14H2,1-3H3,(H,23,25). The van der Waals surface area contributed by atoms with Crippen molar-refractivity contribution in [2.75, 3.05) is 16.6 Å². The number of aryl methyl sites for hydroxylation is 2. The largest absolute Gasteiger partial charge is 0.345 e. The Labute approximate surface area is 167 Å². The minimum atomic E-state index is -3.31. The number of carbonyl (C=O) groups excluding carboxylic acids is 1. The maximum absolute atomic E-state index is 12.9. The summed E-state index contributed by atoms with van der Waals surface area (Å²) in [6.07, 6.45) is 2.29. The van der Waals surface area contributed by atoms with Crippen molar-refractivity contribution in [2.24, 2.45) is 0 Å². The Bertz CT molecular complexity index is 952. The number of carbonyl (C=O) groups is 1. The predicted molar refractivity (Wildman–Crippen MR) is 113 cm³/mol. The predicted octanol–water partition coefficient (Wildman–Crippen LogP) is 4.11. The minimum absolute atomic E-state index is 0.0865. The van der Waals surface area contributed by atoms with Crippen molar-refractivity contribution in [2.45, 2.75) is 46.1 Å². The van der Waals surface area contributed by atoms with E-state index in [9.17, 15) is 13.2 Å². The van der Waals surface area contributed by atoms with Crippen LogP contribution < -0.4 is 9.62 Å². The molecule has 1 N–H and O–H groups in total. The zero-order valence-corrected chi connectivity index (χ0v) is 17.6. The van der Waals surface area contributed by atoms with Crippen LogP contribution >= 0.6 is 0 Å². The van der Waals surface area contributed by atoms with Crippen molar-refractivity contribution in [1.29, 1.82) is 0 Å². The van der Waals surface area contributed by atoms with Crippen LogP contribution in [0.5, 0.6) is 0 Å². The van der Waals surface area contributed by atoms with Gasteiger partial charge in [0.1, 0.15) is 0 Å². The number of nitrogens with zero attached hydrogens (tertiary/aromatic N) is 1. The first-order chi connectivity index (χ1) is 13.3. The van der Waals surface area contributed by atoms with Crippen molar-refractivity contribution >= 4 is 21.6 Å². The molecule has 1 aliphatic rings. The Hall–Kier alpha value is -2.34. The highest BCUT2D eigenvalue weighted by Crippen LogP contribution is 2.28. The van der Waals surface area contributed by atoms with Gasteiger partial charge in [0.2, 0.25) is 10.0 Å². The summed E-state index contributed by atoms with van der Waals surface area (Å²) < 4.78 is 26.4. The second-order valence-corrected chi connectivity index (χ2v) is 9.45. The van der Waals surface area contributed by atoms with E-state index in [-0.39, 0.29) is 17.7 Å². The summed E-state index contributed by atoms with van der Waals surface area (Å²) >= 11 is 0. The van der Waals surface area contributed by atoms with Gasteiger partial charge in [0.25, 0.3) is 5.91 Å². The molecule has 1 unspecified atom stereocenters. The van der Waals surface area contributed by atoms with E-state index >= 15 is 0 Å².